The summed E-state index contributed by atoms with van der Waals surface area (Å²) >= 11 is 12.1. The molecule has 0 saturated carbocycles. The summed E-state index contributed by atoms with van der Waals surface area (Å²) in [4.78, 5) is 30.8. The second kappa shape index (κ2) is 9.55. The third kappa shape index (κ3) is 4.69. The molecule has 7 heteroatoms. The number of halogens is 2. The summed E-state index contributed by atoms with van der Waals surface area (Å²) in [5, 5.41) is 4.27. The van der Waals surface area contributed by atoms with Crippen LogP contribution in [0.3, 0.4) is 0 Å². The number of benzene rings is 3. The topological polar surface area (TPSA) is 64.0 Å². The molecule has 0 unspecified atom stereocenters. The summed E-state index contributed by atoms with van der Waals surface area (Å²) in [6.45, 7) is 2.45. The summed E-state index contributed by atoms with van der Waals surface area (Å²) < 4.78 is 1.69. The molecule has 0 bridgehead atoms. The number of carbonyl (C=O) groups excluding carboxylic acids is 1. The van der Waals surface area contributed by atoms with E-state index in [-0.39, 0.29) is 11.5 Å². The molecule has 0 aliphatic heterocycles. The zero-order valence-electron chi connectivity index (χ0n) is 17.4. The van der Waals surface area contributed by atoms with Crippen molar-refractivity contribution in [1.29, 1.82) is 0 Å². The first-order chi connectivity index (χ1) is 15.5. The fourth-order valence-corrected chi connectivity index (χ4v) is 3.89. The predicted octanol–water partition coefficient (Wildman–Crippen LogP) is 5.96. The van der Waals surface area contributed by atoms with Crippen molar-refractivity contribution in [2.75, 3.05) is 5.32 Å². The molecule has 1 amide bonds. The number of nitrogens with one attached hydrogen (secondary N) is 1. The first kappa shape index (κ1) is 22.1. The molecule has 3 aromatic carbocycles. The highest BCUT2D eigenvalue weighted by atomic mass is 35.5. The van der Waals surface area contributed by atoms with E-state index in [1.54, 1.807) is 59.2 Å². The third-order valence-corrected chi connectivity index (χ3v) is 5.72. The lowest BCUT2D eigenvalue weighted by atomic mass is 10.1. The van der Waals surface area contributed by atoms with Gasteiger partial charge in [0.25, 0.3) is 11.5 Å². The molecule has 32 heavy (non-hydrogen) atoms. The Morgan fingerprint density at radius 3 is 2.50 bits per heavy atom. The maximum atomic E-state index is 13.4. The van der Waals surface area contributed by atoms with Gasteiger partial charge in [-0.2, -0.15) is 0 Å². The number of rotatable bonds is 6. The quantitative estimate of drug-likeness (QED) is 0.382. The van der Waals surface area contributed by atoms with Gasteiger partial charge in [0.2, 0.25) is 0 Å². The number of fused-ring (bicyclic) bond motifs is 1. The molecular formula is C25H21Cl2N3O2. The highest BCUT2D eigenvalue weighted by Crippen LogP contribution is 2.20. The molecule has 0 fully saturated rings. The van der Waals surface area contributed by atoms with Gasteiger partial charge in [0.05, 0.1) is 28.0 Å². The molecule has 0 aliphatic carbocycles. The molecule has 4 aromatic rings. The molecule has 0 saturated heterocycles. The van der Waals surface area contributed by atoms with Crippen molar-refractivity contribution in [3.63, 3.8) is 0 Å². The molecule has 5 nitrogen and oxygen atoms in total. The molecule has 0 aliphatic rings. The van der Waals surface area contributed by atoms with Crippen molar-refractivity contribution in [1.82, 2.24) is 9.55 Å². The van der Waals surface area contributed by atoms with Crippen molar-refractivity contribution in [3.8, 4) is 0 Å². The van der Waals surface area contributed by atoms with E-state index in [0.717, 1.165) is 17.8 Å². The maximum absolute atomic E-state index is 13.4. The molecular weight excluding hydrogens is 445 g/mol. The largest absolute Gasteiger partial charge is 0.322 e. The summed E-state index contributed by atoms with van der Waals surface area (Å²) in [5.41, 5.74) is 2.27. The van der Waals surface area contributed by atoms with Crippen LogP contribution in [0.4, 0.5) is 5.69 Å². The second-order valence-electron chi connectivity index (χ2n) is 7.46. The van der Waals surface area contributed by atoms with Gasteiger partial charge in [0, 0.05) is 17.1 Å². The average Bonchev–Trinajstić information content (AvgIpc) is 2.78. The first-order valence-electron chi connectivity index (χ1n) is 10.3. The minimum Gasteiger partial charge on any atom is -0.322 e. The monoisotopic (exact) mass is 465 g/mol. The van der Waals surface area contributed by atoms with E-state index >= 15 is 0 Å². The molecule has 0 spiro atoms. The van der Waals surface area contributed by atoms with E-state index in [9.17, 15) is 9.59 Å². The van der Waals surface area contributed by atoms with E-state index in [4.69, 9.17) is 28.2 Å². The Labute approximate surface area is 195 Å². The Morgan fingerprint density at radius 2 is 1.78 bits per heavy atom. The van der Waals surface area contributed by atoms with Crippen LogP contribution in [0, 0.1) is 0 Å². The lowest BCUT2D eigenvalue weighted by Crippen LogP contribution is -2.26. The Balaban J connectivity index is 1.73. The Bertz CT molecular complexity index is 1350. The van der Waals surface area contributed by atoms with Crippen LogP contribution in [0.1, 0.15) is 35.1 Å². The lowest BCUT2D eigenvalue weighted by molar-refractivity contribution is 0.102. The second-order valence-corrected chi connectivity index (χ2v) is 8.31. The van der Waals surface area contributed by atoms with Crippen molar-refractivity contribution >= 4 is 45.7 Å². The number of anilines is 1. The SMILES string of the molecule is CCCc1nc2ccc(NC(=O)c3ccccc3Cl)cc2c(=O)n1Cc1ccc(Cl)cc1. The Morgan fingerprint density at radius 1 is 1.03 bits per heavy atom. The number of hydrogen-bond acceptors (Lipinski definition) is 3. The molecule has 1 aromatic heterocycles. The van der Waals surface area contributed by atoms with Crippen LogP contribution in [-0.2, 0) is 13.0 Å². The molecule has 1 heterocycles. The minimum atomic E-state index is -0.341. The predicted molar refractivity (Wildman–Crippen MR) is 130 cm³/mol. The van der Waals surface area contributed by atoms with E-state index < -0.39 is 0 Å². The number of hydrogen-bond donors (Lipinski definition) is 1. The molecule has 162 valence electrons. The number of nitrogens with zero attached hydrogens (tertiary/aromatic N) is 2. The number of aryl methyl sites for hydroxylation is 1. The van der Waals surface area contributed by atoms with Crippen LogP contribution >= 0.6 is 23.2 Å². The van der Waals surface area contributed by atoms with Crippen molar-refractivity contribution < 1.29 is 4.79 Å². The van der Waals surface area contributed by atoms with Gasteiger partial charge in [-0.05, 0) is 54.4 Å². The number of carbonyl (C=O) groups is 1. The summed E-state index contributed by atoms with van der Waals surface area (Å²) in [5.74, 6) is 0.389. The molecule has 0 atom stereocenters. The van der Waals surface area contributed by atoms with Crippen LogP contribution in [0.2, 0.25) is 10.0 Å². The smallest absolute Gasteiger partial charge is 0.261 e. The highest BCUT2D eigenvalue weighted by molar-refractivity contribution is 6.34. The summed E-state index contributed by atoms with van der Waals surface area (Å²) in [7, 11) is 0. The van der Waals surface area contributed by atoms with Gasteiger partial charge in [-0.25, -0.2) is 4.98 Å². The van der Waals surface area contributed by atoms with Gasteiger partial charge in [-0.3, -0.25) is 14.2 Å². The lowest BCUT2D eigenvalue weighted by Gasteiger charge is -2.14. The van der Waals surface area contributed by atoms with Crippen molar-refractivity contribution in [2.45, 2.75) is 26.3 Å². The summed E-state index contributed by atoms with van der Waals surface area (Å²) in [6.07, 6.45) is 1.55. The van der Waals surface area contributed by atoms with Crippen LogP contribution in [0.15, 0.2) is 71.5 Å². The Kier molecular flexibility index (Phi) is 6.58. The zero-order chi connectivity index (χ0) is 22.7. The fraction of sp³-hybridized carbons (Fsp3) is 0.160. The standard InChI is InChI=1S/C25H21Cl2N3O2/c1-2-5-23-29-22-13-12-18(28-24(31)19-6-3-4-7-21(19)27)14-20(22)25(32)30(23)15-16-8-10-17(26)11-9-16/h3-4,6-14H,2,5,15H2,1H3,(H,28,31). The van der Waals surface area contributed by atoms with Crippen molar-refractivity contribution in [3.05, 3.63) is 104 Å². The number of aromatic nitrogens is 2. The molecule has 1 N–H and O–H groups in total. The fourth-order valence-electron chi connectivity index (χ4n) is 3.54. The first-order valence-corrected chi connectivity index (χ1v) is 11.1. The van der Waals surface area contributed by atoms with E-state index in [1.165, 1.54) is 0 Å². The van der Waals surface area contributed by atoms with E-state index in [1.807, 2.05) is 12.1 Å². The van der Waals surface area contributed by atoms with Crippen molar-refractivity contribution in [2.24, 2.45) is 0 Å². The van der Waals surface area contributed by atoms with Gasteiger partial charge >= 0.3 is 0 Å². The Hall–Kier alpha value is -3.15. The number of amides is 1. The van der Waals surface area contributed by atoms with E-state index in [2.05, 4.69) is 12.2 Å². The van der Waals surface area contributed by atoms with Crippen LogP contribution in [0.5, 0.6) is 0 Å². The van der Waals surface area contributed by atoms with Gasteiger partial charge < -0.3 is 5.32 Å². The van der Waals surface area contributed by atoms with Crippen LogP contribution < -0.4 is 10.9 Å². The normalized spacial score (nSPS) is 11.0. The molecule has 0 radical (unpaired) electrons. The maximum Gasteiger partial charge on any atom is 0.261 e. The van der Waals surface area contributed by atoms with Gasteiger partial charge in [0.15, 0.2) is 0 Å². The summed E-state index contributed by atoms with van der Waals surface area (Å²) in [6, 6.07) is 19.4. The van der Waals surface area contributed by atoms with Gasteiger partial charge in [-0.1, -0.05) is 54.4 Å². The zero-order valence-corrected chi connectivity index (χ0v) is 19.0. The van der Waals surface area contributed by atoms with E-state index in [0.29, 0.717) is 45.2 Å². The highest BCUT2D eigenvalue weighted by Gasteiger charge is 2.14. The van der Waals surface area contributed by atoms with Crippen LogP contribution in [0.25, 0.3) is 10.9 Å². The van der Waals surface area contributed by atoms with Crippen LogP contribution in [-0.4, -0.2) is 15.5 Å². The third-order valence-electron chi connectivity index (χ3n) is 5.14. The van der Waals surface area contributed by atoms with Gasteiger partial charge in [-0.15, -0.1) is 0 Å². The minimum absolute atomic E-state index is 0.151. The molecule has 4 rings (SSSR count). The van der Waals surface area contributed by atoms with Gasteiger partial charge in [0.1, 0.15) is 5.82 Å². The average molecular weight is 466 g/mol.